The molecular weight excluding hydrogens is 312 g/mol. The molecule has 7 nitrogen and oxygen atoms in total. The Morgan fingerprint density at radius 2 is 1.96 bits per heavy atom. The Labute approximate surface area is 139 Å². The van der Waals surface area contributed by atoms with E-state index in [-0.39, 0.29) is 18.7 Å². The van der Waals surface area contributed by atoms with Gasteiger partial charge >= 0.3 is 5.97 Å². The van der Waals surface area contributed by atoms with Crippen LogP contribution in [0.15, 0.2) is 28.8 Å². The number of amides is 1. The van der Waals surface area contributed by atoms with E-state index in [1.165, 1.54) is 0 Å². The number of carbonyl (C=O) groups excluding carboxylic acids is 1. The Balaban J connectivity index is 2.12. The monoisotopic (exact) mass is 332 g/mol. The molecule has 0 aliphatic rings. The lowest BCUT2D eigenvalue weighted by atomic mass is 10.0. The smallest absolute Gasteiger partial charge is 0.305 e. The molecule has 2 aromatic rings. The van der Waals surface area contributed by atoms with Gasteiger partial charge in [0.2, 0.25) is 5.91 Å². The number of ether oxygens (including phenoxy) is 1. The van der Waals surface area contributed by atoms with Crippen LogP contribution in [0.25, 0.3) is 0 Å². The zero-order valence-electron chi connectivity index (χ0n) is 13.8. The number of hydrogen-bond acceptors (Lipinski definition) is 5. The van der Waals surface area contributed by atoms with Crippen molar-refractivity contribution in [3.8, 4) is 5.75 Å². The van der Waals surface area contributed by atoms with Gasteiger partial charge in [0.05, 0.1) is 31.7 Å². The maximum Gasteiger partial charge on any atom is 0.305 e. The summed E-state index contributed by atoms with van der Waals surface area (Å²) in [7, 11) is 1.55. The van der Waals surface area contributed by atoms with Crippen LogP contribution in [0.5, 0.6) is 5.75 Å². The summed E-state index contributed by atoms with van der Waals surface area (Å²) in [6, 6.07) is 6.31. The number of carboxylic acid groups (broad SMARTS) is 1. The number of carboxylic acids is 1. The van der Waals surface area contributed by atoms with Crippen molar-refractivity contribution < 1.29 is 24.0 Å². The first-order valence-corrected chi connectivity index (χ1v) is 7.47. The second kappa shape index (κ2) is 7.63. The van der Waals surface area contributed by atoms with Crippen molar-refractivity contribution in [3.05, 3.63) is 46.8 Å². The summed E-state index contributed by atoms with van der Waals surface area (Å²) in [4.78, 5) is 23.4. The lowest BCUT2D eigenvalue weighted by Crippen LogP contribution is -2.31. The number of rotatable bonds is 7. The van der Waals surface area contributed by atoms with Crippen molar-refractivity contribution in [1.82, 2.24) is 10.5 Å². The molecule has 0 fully saturated rings. The third-order valence-corrected chi connectivity index (χ3v) is 3.75. The minimum absolute atomic E-state index is 0.0907. The van der Waals surface area contributed by atoms with Gasteiger partial charge in [0.15, 0.2) is 0 Å². The maximum absolute atomic E-state index is 12.3. The highest BCUT2D eigenvalue weighted by atomic mass is 16.5. The molecule has 2 rings (SSSR count). The molecule has 0 aliphatic carbocycles. The summed E-state index contributed by atoms with van der Waals surface area (Å²) < 4.78 is 10.1. The van der Waals surface area contributed by atoms with Gasteiger partial charge in [-0.1, -0.05) is 17.3 Å². The van der Waals surface area contributed by atoms with Gasteiger partial charge in [-0.25, -0.2) is 0 Å². The van der Waals surface area contributed by atoms with Crippen molar-refractivity contribution in [2.75, 3.05) is 7.11 Å². The highest BCUT2D eigenvalue weighted by molar-refractivity contribution is 5.80. The van der Waals surface area contributed by atoms with Gasteiger partial charge in [-0.15, -0.1) is 0 Å². The van der Waals surface area contributed by atoms with Crippen LogP contribution in [0.4, 0.5) is 0 Å². The first-order valence-electron chi connectivity index (χ1n) is 7.47. The Bertz CT molecular complexity index is 702. The van der Waals surface area contributed by atoms with Crippen LogP contribution in [-0.4, -0.2) is 29.2 Å². The molecule has 1 unspecified atom stereocenters. The standard InChI is InChI=1S/C17H20N2O5/c1-10-14(11(2)24-19-10)8-16(20)18-15(9-17(21)22)12-4-6-13(23-3)7-5-12/h4-7,15H,8-9H2,1-3H3,(H,18,20)(H,21,22). The van der Waals surface area contributed by atoms with Crippen LogP contribution < -0.4 is 10.1 Å². The van der Waals surface area contributed by atoms with Gasteiger partial charge in [0.25, 0.3) is 0 Å². The van der Waals surface area contributed by atoms with Crippen LogP contribution >= 0.6 is 0 Å². The third kappa shape index (κ3) is 4.34. The predicted octanol–water partition coefficient (Wildman–Crippen LogP) is 2.17. The fraction of sp³-hybridized carbons (Fsp3) is 0.353. The molecule has 24 heavy (non-hydrogen) atoms. The predicted molar refractivity (Wildman–Crippen MR) is 85.8 cm³/mol. The van der Waals surface area contributed by atoms with E-state index in [4.69, 9.17) is 14.4 Å². The molecule has 128 valence electrons. The minimum atomic E-state index is -0.992. The number of hydrogen-bond donors (Lipinski definition) is 2. The Kier molecular flexibility index (Phi) is 5.57. The van der Waals surface area contributed by atoms with E-state index < -0.39 is 12.0 Å². The van der Waals surface area contributed by atoms with Crippen molar-refractivity contribution in [1.29, 1.82) is 0 Å². The van der Waals surface area contributed by atoms with Gasteiger partial charge in [0.1, 0.15) is 11.5 Å². The topological polar surface area (TPSA) is 102 Å². The Morgan fingerprint density at radius 1 is 1.29 bits per heavy atom. The Morgan fingerprint density at radius 3 is 2.46 bits per heavy atom. The van der Waals surface area contributed by atoms with Crippen LogP contribution in [0.1, 0.15) is 35.0 Å². The molecule has 1 atom stereocenters. The van der Waals surface area contributed by atoms with Crippen molar-refractivity contribution >= 4 is 11.9 Å². The molecule has 0 radical (unpaired) electrons. The average molecular weight is 332 g/mol. The summed E-state index contributed by atoms with van der Waals surface area (Å²) in [6.07, 6.45) is -0.118. The number of carbonyl (C=O) groups is 2. The Hall–Kier alpha value is -2.83. The normalized spacial score (nSPS) is 11.8. The summed E-state index contributed by atoms with van der Waals surface area (Å²) >= 11 is 0. The largest absolute Gasteiger partial charge is 0.497 e. The summed E-state index contributed by atoms with van der Waals surface area (Å²) in [5.74, 6) is -0.0309. The number of aryl methyl sites for hydroxylation is 2. The molecule has 0 saturated carbocycles. The van der Waals surface area contributed by atoms with Crippen molar-refractivity contribution in [2.24, 2.45) is 0 Å². The molecule has 0 bridgehead atoms. The number of nitrogens with one attached hydrogen (secondary N) is 1. The van der Waals surface area contributed by atoms with Gasteiger partial charge in [-0.3, -0.25) is 9.59 Å². The van der Waals surface area contributed by atoms with Gasteiger partial charge < -0.3 is 19.7 Å². The van der Waals surface area contributed by atoms with Crippen LogP contribution in [0.3, 0.4) is 0 Å². The number of benzene rings is 1. The highest BCUT2D eigenvalue weighted by Gasteiger charge is 2.20. The molecule has 0 spiro atoms. The van der Waals surface area contributed by atoms with Crippen molar-refractivity contribution in [3.63, 3.8) is 0 Å². The second-order valence-corrected chi connectivity index (χ2v) is 5.47. The summed E-state index contributed by atoms with van der Waals surface area (Å²) in [6.45, 7) is 3.50. The van der Waals surface area contributed by atoms with Crippen molar-refractivity contribution in [2.45, 2.75) is 32.7 Å². The summed E-state index contributed by atoms with van der Waals surface area (Å²) in [5.41, 5.74) is 2.07. The number of nitrogens with zero attached hydrogens (tertiary/aromatic N) is 1. The molecular formula is C17H20N2O5. The lowest BCUT2D eigenvalue weighted by Gasteiger charge is -2.18. The van der Waals surface area contributed by atoms with E-state index in [1.807, 2.05) is 0 Å². The third-order valence-electron chi connectivity index (χ3n) is 3.75. The molecule has 1 aromatic heterocycles. The average Bonchev–Trinajstić information content (AvgIpc) is 2.86. The molecule has 0 aliphatic heterocycles. The minimum Gasteiger partial charge on any atom is -0.497 e. The molecule has 1 amide bonds. The fourth-order valence-electron chi connectivity index (χ4n) is 2.42. The number of methoxy groups -OCH3 is 1. The lowest BCUT2D eigenvalue weighted by molar-refractivity contribution is -0.137. The summed E-state index contributed by atoms with van der Waals surface area (Å²) in [5, 5.41) is 15.7. The van der Waals surface area contributed by atoms with E-state index in [9.17, 15) is 9.59 Å². The molecule has 1 aromatic carbocycles. The van der Waals surface area contributed by atoms with Gasteiger partial charge in [0, 0.05) is 5.56 Å². The van der Waals surface area contributed by atoms with Crippen LogP contribution in [0, 0.1) is 13.8 Å². The van der Waals surface area contributed by atoms with E-state index in [2.05, 4.69) is 10.5 Å². The maximum atomic E-state index is 12.3. The zero-order chi connectivity index (χ0) is 17.7. The number of aliphatic carboxylic acids is 1. The van der Waals surface area contributed by atoms with E-state index in [0.717, 1.165) is 5.56 Å². The fourth-order valence-corrected chi connectivity index (χ4v) is 2.42. The SMILES string of the molecule is COc1ccc(C(CC(=O)O)NC(=O)Cc2c(C)noc2C)cc1. The molecule has 1 heterocycles. The quantitative estimate of drug-likeness (QED) is 0.806. The van der Waals surface area contributed by atoms with E-state index in [0.29, 0.717) is 22.8 Å². The first kappa shape index (κ1) is 17.5. The molecule has 2 N–H and O–H groups in total. The van der Waals surface area contributed by atoms with Gasteiger partial charge in [-0.2, -0.15) is 0 Å². The zero-order valence-corrected chi connectivity index (χ0v) is 13.8. The first-order chi connectivity index (χ1) is 11.4. The number of aromatic nitrogens is 1. The van der Waals surface area contributed by atoms with Crippen LogP contribution in [-0.2, 0) is 16.0 Å². The highest BCUT2D eigenvalue weighted by Crippen LogP contribution is 2.21. The van der Waals surface area contributed by atoms with Crippen LogP contribution in [0.2, 0.25) is 0 Å². The molecule has 0 saturated heterocycles. The molecule has 7 heteroatoms. The van der Waals surface area contributed by atoms with Gasteiger partial charge in [-0.05, 0) is 31.5 Å². The second-order valence-electron chi connectivity index (χ2n) is 5.47. The van der Waals surface area contributed by atoms with E-state index in [1.54, 1.807) is 45.2 Å². The van der Waals surface area contributed by atoms with E-state index >= 15 is 0 Å².